The standard InChI is InChI=1S/C8H5F3O2/c1-3(12)6-4(9)2-5(10)8(13)7(6)11/h2,13H,1H3. The lowest BCUT2D eigenvalue weighted by atomic mass is 10.1. The van der Waals surface area contributed by atoms with Crippen LogP contribution < -0.4 is 0 Å². The first-order valence-electron chi connectivity index (χ1n) is 3.32. The van der Waals surface area contributed by atoms with Crippen LogP contribution >= 0.6 is 0 Å². The van der Waals surface area contributed by atoms with E-state index in [2.05, 4.69) is 0 Å². The van der Waals surface area contributed by atoms with Crippen molar-refractivity contribution >= 4 is 5.78 Å². The molecule has 1 N–H and O–H groups in total. The molecule has 0 amide bonds. The van der Waals surface area contributed by atoms with E-state index in [1.807, 2.05) is 0 Å². The fraction of sp³-hybridized carbons (Fsp3) is 0.125. The van der Waals surface area contributed by atoms with Crippen LogP contribution in [-0.2, 0) is 0 Å². The molecule has 1 aromatic carbocycles. The highest BCUT2D eigenvalue weighted by atomic mass is 19.1. The molecule has 13 heavy (non-hydrogen) atoms. The second kappa shape index (κ2) is 3.08. The Bertz CT molecular complexity index is 374. The van der Waals surface area contributed by atoms with Crippen molar-refractivity contribution in [1.29, 1.82) is 0 Å². The maximum atomic E-state index is 12.8. The number of phenolic OH excluding ortho intramolecular Hbond substituents is 1. The SMILES string of the molecule is CC(=O)c1c(F)cc(F)c(O)c1F. The van der Waals surface area contributed by atoms with Gasteiger partial charge in [-0.05, 0) is 6.92 Å². The number of rotatable bonds is 1. The van der Waals surface area contributed by atoms with Gasteiger partial charge in [0.1, 0.15) is 5.82 Å². The Labute approximate surface area is 71.6 Å². The first-order valence-corrected chi connectivity index (χ1v) is 3.32. The van der Waals surface area contributed by atoms with Gasteiger partial charge in [0.2, 0.25) is 0 Å². The van der Waals surface area contributed by atoms with Crippen molar-refractivity contribution in [3.8, 4) is 5.75 Å². The van der Waals surface area contributed by atoms with Crippen molar-refractivity contribution in [3.63, 3.8) is 0 Å². The van der Waals surface area contributed by atoms with Crippen LogP contribution in [0.4, 0.5) is 13.2 Å². The number of carbonyl (C=O) groups excluding carboxylic acids is 1. The normalized spacial score (nSPS) is 10.2. The van der Waals surface area contributed by atoms with Gasteiger partial charge in [0.05, 0.1) is 5.56 Å². The minimum atomic E-state index is -1.56. The summed E-state index contributed by atoms with van der Waals surface area (Å²) in [6.45, 7) is 0.916. The van der Waals surface area contributed by atoms with Gasteiger partial charge in [-0.1, -0.05) is 0 Å². The second-order valence-electron chi connectivity index (χ2n) is 2.43. The first kappa shape index (κ1) is 9.57. The Morgan fingerprint density at radius 3 is 2.31 bits per heavy atom. The molecule has 0 atom stereocenters. The van der Waals surface area contributed by atoms with E-state index in [1.54, 1.807) is 0 Å². The summed E-state index contributed by atoms with van der Waals surface area (Å²) < 4.78 is 38.0. The molecule has 0 saturated heterocycles. The lowest BCUT2D eigenvalue weighted by Crippen LogP contribution is -2.03. The predicted molar refractivity (Wildman–Crippen MR) is 38.0 cm³/mol. The van der Waals surface area contributed by atoms with Crippen molar-refractivity contribution in [3.05, 3.63) is 29.1 Å². The zero-order valence-corrected chi connectivity index (χ0v) is 6.57. The molecule has 0 aliphatic carbocycles. The molecule has 0 aliphatic rings. The van der Waals surface area contributed by atoms with Gasteiger partial charge in [0.25, 0.3) is 0 Å². The number of benzene rings is 1. The van der Waals surface area contributed by atoms with Crippen molar-refractivity contribution in [2.75, 3.05) is 0 Å². The van der Waals surface area contributed by atoms with E-state index in [1.165, 1.54) is 0 Å². The fourth-order valence-electron chi connectivity index (χ4n) is 0.903. The Morgan fingerprint density at radius 1 is 1.31 bits per heavy atom. The third kappa shape index (κ3) is 1.49. The largest absolute Gasteiger partial charge is 0.503 e. The molecular weight excluding hydrogens is 185 g/mol. The Kier molecular flexibility index (Phi) is 2.27. The minimum Gasteiger partial charge on any atom is -0.503 e. The molecule has 0 aliphatic heterocycles. The van der Waals surface area contributed by atoms with E-state index in [4.69, 9.17) is 5.11 Å². The van der Waals surface area contributed by atoms with E-state index in [-0.39, 0.29) is 6.07 Å². The van der Waals surface area contributed by atoms with Gasteiger partial charge < -0.3 is 5.11 Å². The molecule has 0 saturated carbocycles. The first-order chi connectivity index (χ1) is 5.95. The van der Waals surface area contributed by atoms with Crippen LogP contribution in [0.5, 0.6) is 5.75 Å². The maximum Gasteiger partial charge on any atom is 0.188 e. The second-order valence-corrected chi connectivity index (χ2v) is 2.43. The van der Waals surface area contributed by atoms with Gasteiger partial charge in [-0.15, -0.1) is 0 Å². The summed E-state index contributed by atoms with van der Waals surface area (Å²) in [5, 5.41) is 8.69. The van der Waals surface area contributed by atoms with Crippen LogP contribution in [0.3, 0.4) is 0 Å². The molecule has 0 spiro atoms. The summed E-state index contributed by atoms with van der Waals surface area (Å²) in [6.07, 6.45) is 0. The molecule has 2 nitrogen and oxygen atoms in total. The average molecular weight is 190 g/mol. The van der Waals surface area contributed by atoms with E-state index >= 15 is 0 Å². The van der Waals surface area contributed by atoms with Crippen LogP contribution in [0.15, 0.2) is 6.07 Å². The highest BCUT2D eigenvalue weighted by Gasteiger charge is 2.20. The molecular formula is C8H5F3O2. The highest BCUT2D eigenvalue weighted by molar-refractivity contribution is 5.95. The van der Waals surface area contributed by atoms with Gasteiger partial charge >= 0.3 is 0 Å². The Hall–Kier alpha value is -1.52. The molecule has 0 bridgehead atoms. The molecule has 5 heteroatoms. The number of phenols is 1. The fourth-order valence-corrected chi connectivity index (χ4v) is 0.903. The maximum absolute atomic E-state index is 12.8. The van der Waals surface area contributed by atoms with E-state index in [0.29, 0.717) is 0 Å². The van der Waals surface area contributed by atoms with Crippen molar-refractivity contribution in [2.24, 2.45) is 0 Å². The molecule has 0 radical (unpaired) electrons. The number of ketones is 1. The van der Waals surface area contributed by atoms with Gasteiger partial charge in [0, 0.05) is 6.07 Å². The summed E-state index contributed by atoms with van der Waals surface area (Å²) in [5.74, 6) is -6.57. The lowest BCUT2D eigenvalue weighted by molar-refractivity contribution is 0.100. The zero-order chi connectivity index (χ0) is 10.2. The summed E-state index contributed by atoms with van der Waals surface area (Å²) in [6, 6.07) is 0.259. The molecule has 0 heterocycles. The smallest absolute Gasteiger partial charge is 0.188 e. The van der Waals surface area contributed by atoms with Crippen LogP contribution in [0.1, 0.15) is 17.3 Å². The molecule has 0 aromatic heterocycles. The van der Waals surface area contributed by atoms with E-state index < -0.39 is 34.5 Å². The minimum absolute atomic E-state index is 0.259. The summed E-state index contributed by atoms with van der Waals surface area (Å²) in [4.78, 5) is 10.6. The van der Waals surface area contributed by atoms with E-state index in [9.17, 15) is 18.0 Å². The number of aromatic hydroxyl groups is 1. The summed E-state index contributed by atoms with van der Waals surface area (Å²) in [5.41, 5.74) is -0.932. The van der Waals surface area contributed by atoms with Crippen LogP contribution in [-0.4, -0.2) is 10.9 Å². The quantitative estimate of drug-likeness (QED) is 0.687. The topological polar surface area (TPSA) is 37.3 Å². The third-order valence-electron chi connectivity index (χ3n) is 1.50. The van der Waals surface area contributed by atoms with Gasteiger partial charge in [0.15, 0.2) is 23.2 Å². The average Bonchev–Trinajstić information content (AvgIpc) is 1.99. The van der Waals surface area contributed by atoms with Gasteiger partial charge in [-0.25, -0.2) is 13.2 Å². The van der Waals surface area contributed by atoms with Crippen molar-refractivity contribution in [1.82, 2.24) is 0 Å². The third-order valence-corrected chi connectivity index (χ3v) is 1.50. The summed E-state index contributed by atoms with van der Waals surface area (Å²) >= 11 is 0. The monoisotopic (exact) mass is 190 g/mol. The molecule has 0 fully saturated rings. The number of Topliss-reactive ketones (excluding diaryl/α,β-unsaturated/α-hetero) is 1. The number of halogens is 3. The van der Waals surface area contributed by atoms with Crippen LogP contribution in [0.25, 0.3) is 0 Å². The molecule has 70 valence electrons. The summed E-state index contributed by atoms with van der Waals surface area (Å²) in [7, 11) is 0. The number of carbonyl (C=O) groups is 1. The number of hydrogen-bond donors (Lipinski definition) is 1. The molecule has 1 aromatic rings. The van der Waals surface area contributed by atoms with Crippen molar-refractivity contribution < 1.29 is 23.1 Å². The van der Waals surface area contributed by atoms with Crippen LogP contribution in [0.2, 0.25) is 0 Å². The molecule has 1 rings (SSSR count). The lowest BCUT2D eigenvalue weighted by Gasteiger charge is -2.03. The zero-order valence-electron chi connectivity index (χ0n) is 6.57. The number of hydrogen-bond acceptors (Lipinski definition) is 2. The van der Waals surface area contributed by atoms with E-state index in [0.717, 1.165) is 6.92 Å². The predicted octanol–water partition coefficient (Wildman–Crippen LogP) is 2.01. The van der Waals surface area contributed by atoms with Gasteiger partial charge in [-0.3, -0.25) is 4.79 Å². The Morgan fingerprint density at radius 2 is 1.85 bits per heavy atom. The van der Waals surface area contributed by atoms with Crippen LogP contribution in [0, 0.1) is 17.5 Å². The van der Waals surface area contributed by atoms with Crippen molar-refractivity contribution in [2.45, 2.75) is 6.92 Å². The Balaban J connectivity index is 3.53. The molecule has 0 unspecified atom stereocenters. The highest BCUT2D eigenvalue weighted by Crippen LogP contribution is 2.25. The van der Waals surface area contributed by atoms with Gasteiger partial charge in [-0.2, -0.15) is 0 Å².